The molecular formula is C26H27N3O6S. The van der Waals surface area contributed by atoms with Crippen molar-refractivity contribution in [2.45, 2.75) is 24.3 Å². The molecule has 0 aliphatic heterocycles. The lowest BCUT2D eigenvalue weighted by atomic mass is 10.2. The van der Waals surface area contributed by atoms with Crippen LogP contribution in [0.3, 0.4) is 0 Å². The molecule has 4 aromatic rings. The number of fused-ring (bicyclic) bond motifs is 1. The molecule has 9 nitrogen and oxygen atoms in total. The van der Waals surface area contributed by atoms with Gasteiger partial charge in [0, 0.05) is 12.5 Å². The van der Waals surface area contributed by atoms with Gasteiger partial charge >= 0.3 is 5.97 Å². The molecule has 0 aliphatic carbocycles. The number of aryl methyl sites for hydroxylation is 1. The van der Waals surface area contributed by atoms with Gasteiger partial charge in [0.2, 0.25) is 0 Å². The number of rotatable bonds is 11. The van der Waals surface area contributed by atoms with Crippen LogP contribution in [-0.4, -0.2) is 52.6 Å². The Morgan fingerprint density at radius 1 is 1.03 bits per heavy atom. The third-order valence-corrected chi connectivity index (χ3v) is 6.58. The Morgan fingerprint density at radius 2 is 1.81 bits per heavy atom. The Morgan fingerprint density at radius 3 is 2.53 bits per heavy atom. The van der Waals surface area contributed by atoms with E-state index >= 15 is 0 Å². The van der Waals surface area contributed by atoms with Gasteiger partial charge in [-0.15, -0.1) is 0 Å². The minimum atomic E-state index is -1.34. The summed E-state index contributed by atoms with van der Waals surface area (Å²) in [4.78, 5) is 23.7. The third kappa shape index (κ3) is 6.01. The second-order valence-corrected chi connectivity index (χ2v) is 9.25. The second kappa shape index (κ2) is 11.7. The van der Waals surface area contributed by atoms with E-state index in [-0.39, 0.29) is 5.75 Å². The Balaban J connectivity index is 1.25. The molecule has 0 amide bonds. The number of carbonyl (C=O) groups excluding carboxylic acids is 1. The van der Waals surface area contributed by atoms with E-state index in [1.54, 1.807) is 24.4 Å². The highest BCUT2D eigenvalue weighted by Crippen LogP contribution is 2.25. The quantitative estimate of drug-likeness (QED) is 0.236. The number of para-hydroxylation sites is 2. The SMILES string of the molecule is COC(=O)c1ccc(OCCCOc2cnc(CS(=O)c3nc4ccccc4[nH]3)c(C)c2)cc1OC. The number of H-pyrrole nitrogens is 1. The summed E-state index contributed by atoms with van der Waals surface area (Å²) in [6.45, 7) is 2.77. The molecule has 2 aromatic heterocycles. The van der Waals surface area contributed by atoms with Crippen LogP contribution in [0.4, 0.5) is 0 Å². The van der Waals surface area contributed by atoms with Crippen molar-refractivity contribution in [2.75, 3.05) is 27.4 Å². The molecule has 36 heavy (non-hydrogen) atoms. The first-order valence-electron chi connectivity index (χ1n) is 11.3. The van der Waals surface area contributed by atoms with Crippen LogP contribution < -0.4 is 14.2 Å². The fourth-order valence-electron chi connectivity index (χ4n) is 3.52. The number of nitrogens with zero attached hydrogens (tertiary/aromatic N) is 2. The highest BCUT2D eigenvalue weighted by molar-refractivity contribution is 7.84. The zero-order valence-electron chi connectivity index (χ0n) is 20.3. The molecule has 4 rings (SSSR count). The Hall–Kier alpha value is -3.92. The van der Waals surface area contributed by atoms with Crippen molar-refractivity contribution in [1.82, 2.24) is 15.0 Å². The van der Waals surface area contributed by atoms with Crippen molar-refractivity contribution in [3.05, 3.63) is 71.5 Å². The summed E-state index contributed by atoms with van der Waals surface area (Å²) in [5, 5.41) is 0.440. The highest BCUT2D eigenvalue weighted by Gasteiger charge is 2.15. The molecule has 0 spiro atoms. The largest absolute Gasteiger partial charge is 0.496 e. The average molecular weight is 510 g/mol. The smallest absolute Gasteiger partial charge is 0.341 e. The first-order chi connectivity index (χ1) is 17.5. The molecule has 1 N–H and O–H groups in total. The molecule has 0 fully saturated rings. The lowest BCUT2D eigenvalue weighted by Crippen LogP contribution is -2.07. The number of esters is 1. The lowest BCUT2D eigenvalue weighted by Gasteiger charge is -2.12. The molecular weight excluding hydrogens is 482 g/mol. The van der Waals surface area contributed by atoms with E-state index in [9.17, 15) is 9.00 Å². The van der Waals surface area contributed by atoms with Gasteiger partial charge in [-0.05, 0) is 42.8 Å². The van der Waals surface area contributed by atoms with Crippen LogP contribution in [0, 0.1) is 6.92 Å². The van der Waals surface area contributed by atoms with Crippen LogP contribution in [0.5, 0.6) is 17.2 Å². The molecule has 1 unspecified atom stereocenters. The number of nitrogens with one attached hydrogen (secondary N) is 1. The summed E-state index contributed by atoms with van der Waals surface area (Å²) in [6, 6.07) is 14.4. The van der Waals surface area contributed by atoms with E-state index in [4.69, 9.17) is 18.9 Å². The minimum Gasteiger partial charge on any atom is -0.496 e. The monoisotopic (exact) mass is 509 g/mol. The molecule has 0 bridgehead atoms. The highest BCUT2D eigenvalue weighted by atomic mass is 32.2. The van der Waals surface area contributed by atoms with E-state index in [2.05, 4.69) is 15.0 Å². The topological polar surface area (TPSA) is 113 Å². The number of hydrogen-bond donors (Lipinski definition) is 1. The van der Waals surface area contributed by atoms with Gasteiger partial charge in [-0.3, -0.25) is 9.19 Å². The predicted octanol–water partition coefficient (Wildman–Crippen LogP) is 4.22. The van der Waals surface area contributed by atoms with Gasteiger partial charge in [-0.2, -0.15) is 0 Å². The van der Waals surface area contributed by atoms with Gasteiger partial charge in [0.1, 0.15) is 22.8 Å². The van der Waals surface area contributed by atoms with E-state index in [1.807, 2.05) is 37.3 Å². The summed E-state index contributed by atoms with van der Waals surface area (Å²) in [6.07, 6.45) is 2.27. The van der Waals surface area contributed by atoms with Gasteiger partial charge in [0.05, 0.1) is 66.9 Å². The Labute approximate surface area is 211 Å². The van der Waals surface area contributed by atoms with Gasteiger partial charge in [0.15, 0.2) is 5.16 Å². The molecule has 1 atom stereocenters. The Kier molecular flexibility index (Phi) is 8.17. The minimum absolute atomic E-state index is 0.262. The van der Waals surface area contributed by atoms with Crippen molar-refractivity contribution < 1.29 is 28.0 Å². The lowest BCUT2D eigenvalue weighted by molar-refractivity contribution is 0.0597. The molecule has 2 heterocycles. The number of pyridine rings is 1. The standard InChI is InChI=1S/C26H27N3O6S/c1-17-13-19(15-27-23(17)16-36(31)26-28-21-7-4-5-8-22(21)29-26)35-12-6-11-34-18-9-10-20(25(30)33-3)24(14-18)32-2/h4-5,7-10,13-15H,6,11-12,16H2,1-3H3,(H,28,29). The van der Waals surface area contributed by atoms with E-state index in [1.165, 1.54) is 14.2 Å². The van der Waals surface area contributed by atoms with Gasteiger partial charge in [-0.1, -0.05) is 12.1 Å². The number of imidazole rings is 1. The molecule has 0 radical (unpaired) electrons. The van der Waals surface area contributed by atoms with Crippen LogP contribution in [-0.2, 0) is 21.3 Å². The summed E-state index contributed by atoms with van der Waals surface area (Å²) >= 11 is 0. The summed E-state index contributed by atoms with van der Waals surface area (Å²) in [5.74, 6) is 1.40. The number of benzene rings is 2. The number of ether oxygens (including phenoxy) is 4. The van der Waals surface area contributed by atoms with Crippen LogP contribution in [0.25, 0.3) is 11.0 Å². The summed E-state index contributed by atoms with van der Waals surface area (Å²) in [5.41, 5.74) is 3.61. The van der Waals surface area contributed by atoms with E-state index in [0.29, 0.717) is 47.6 Å². The van der Waals surface area contributed by atoms with Crippen molar-refractivity contribution in [3.8, 4) is 17.2 Å². The molecule has 0 aliphatic rings. The van der Waals surface area contributed by atoms with Crippen molar-refractivity contribution in [2.24, 2.45) is 0 Å². The fourth-order valence-corrected chi connectivity index (χ4v) is 4.63. The molecule has 188 valence electrons. The predicted molar refractivity (Wildman–Crippen MR) is 135 cm³/mol. The normalized spacial score (nSPS) is 11.8. The molecule has 0 saturated heterocycles. The molecule has 2 aromatic carbocycles. The van der Waals surface area contributed by atoms with Gasteiger partial charge < -0.3 is 23.9 Å². The van der Waals surface area contributed by atoms with E-state index < -0.39 is 16.8 Å². The fraction of sp³-hybridized carbons (Fsp3) is 0.269. The maximum absolute atomic E-state index is 12.8. The van der Waals surface area contributed by atoms with Crippen LogP contribution in [0.1, 0.15) is 28.0 Å². The van der Waals surface area contributed by atoms with E-state index in [0.717, 1.165) is 22.3 Å². The maximum Gasteiger partial charge on any atom is 0.341 e. The zero-order valence-corrected chi connectivity index (χ0v) is 21.1. The number of methoxy groups -OCH3 is 2. The number of carbonyl (C=O) groups is 1. The van der Waals surface area contributed by atoms with Crippen LogP contribution in [0.2, 0.25) is 0 Å². The first kappa shape index (κ1) is 25.2. The average Bonchev–Trinajstić information content (AvgIpc) is 3.34. The second-order valence-electron chi connectivity index (χ2n) is 7.89. The number of aromatic nitrogens is 3. The van der Waals surface area contributed by atoms with Gasteiger partial charge in [-0.25, -0.2) is 9.78 Å². The van der Waals surface area contributed by atoms with Crippen molar-refractivity contribution in [1.29, 1.82) is 0 Å². The maximum atomic E-state index is 12.8. The third-order valence-electron chi connectivity index (χ3n) is 5.42. The molecule has 10 heteroatoms. The summed E-state index contributed by atoms with van der Waals surface area (Å²) in [7, 11) is 1.46. The van der Waals surface area contributed by atoms with Crippen LogP contribution in [0.15, 0.2) is 59.9 Å². The van der Waals surface area contributed by atoms with Crippen molar-refractivity contribution in [3.63, 3.8) is 0 Å². The van der Waals surface area contributed by atoms with Crippen molar-refractivity contribution >= 4 is 27.8 Å². The number of aromatic amines is 1. The van der Waals surface area contributed by atoms with Gasteiger partial charge in [0.25, 0.3) is 0 Å². The number of hydrogen-bond acceptors (Lipinski definition) is 8. The molecule has 0 saturated carbocycles. The summed E-state index contributed by atoms with van der Waals surface area (Å²) < 4.78 is 34.3. The first-order valence-corrected chi connectivity index (χ1v) is 12.6. The zero-order chi connectivity index (χ0) is 25.5. The Bertz CT molecular complexity index is 1350. The van der Waals surface area contributed by atoms with Crippen LogP contribution >= 0.6 is 0 Å².